The smallest absolute Gasteiger partial charge is 0.141 e. The van der Waals surface area contributed by atoms with Gasteiger partial charge in [-0.05, 0) is 27.5 Å². The van der Waals surface area contributed by atoms with Crippen LogP contribution in [0.3, 0.4) is 0 Å². The third-order valence-electron chi connectivity index (χ3n) is 4.98. The van der Waals surface area contributed by atoms with Gasteiger partial charge in [-0.15, -0.1) is 0 Å². The number of hydrogen-bond donors (Lipinski definition) is 0. The van der Waals surface area contributed by atoms with E-state index < -0.39 is 9.52 Å². The first kappa shape index (κ1) is 18.9. The van der Waals surface area contributed by atoms with Gasteiger partial charge in [0.1, 0.15) is 14.9 Å². The zero-order valence-corrected chi connectivity index (χ0v) is 17.6. The molecule has 0 aromatic heterocycles. The van der Waals surface area contributed by atoms with Crippen molar-refractivity contribution < 1.29 is 4.79 Å². The van der Waals surface area contributed by atoms with Crippen LogP contribution in [0.1, 0.15) is 27.0 Å². The van der Waals surface area contributed by atoms with Crippen LogP contribution in [0.15, 0.2) is 121 Å². The van der Waals surface area contributed by atoms with Gasteiger partial charge in [0.2, 0.25) is 0 Å². The van der Waals surface area contributed by atoms with Gasteiger partial charge in [-0.2, -0.15) is 0 Å². The van der Waals surface area contributed by atoms with Crippen molar-refractivity contribution in [3.8, 4) is 0 Å². The Balaban J connectivity index is 1.92. The van der Waals surface area contributed by atoms with E-state index in [0.717, 1.165) is 27.8 Å². The first-order valence-corrected chi connectivity index (χ1v) is 11.2. The molecule has 140 valence electrons. The molecule has 0 bridgehead atoms. The van der Waals surface area contributed by atoms with Crippen LogP contribution in [0.5, 0.6) is 0 Å². The van der Waals surface area contributed by atoms with Crippen LogP contribution in [0.2, 0.25) is 0 Å². The lowest BCUT2D eigenvalue weighted by Crippen LogP contribution is -2.14. The van der Waals surface area contributed by atoms with Crippen LogP contribution in [0.4, 0.5) is 0 Å². The summed E-state index contributed by atoms with van der Waals surface area (Å²) in [4.78, 5) is 13.2. The fourth-order valence-electron chi connectivity index (χ4n) is 3.59. The summed E-state index contributed by atoms with van der Waals surface area (Å²) < 4.78 is 0. The highest BCUT2D eigenvalue weighted by Gasteiger charge is 2.18. The monoisotopic (exact) mass is 390 g/mol. The minimum absolute atomic E-state index is 0.258. The van der Waals surface area contributed by atoms with Crippen LogP contribution in [0.25, 0.3) is 10.8 Å². The molecule has 0 spiro atoms. The van der Waals surface area contributed by atoms with Crippen LogP contribution in [-0.2, 0) is 0 Å². The van der Waals surface area contributed by atoms with Crippen LogP contribution in [-0.4, -0.2) is 14.9 Å². The Kier molecular flexibility index (Phi) is 5.94. The highest BCUT2D eigenvalue weighted by atomic mass is 28.2. The lowest BCUT2D eigenvalue weighted by atomic mass is 9.95. The summed E-state index contributed by atoms with van der Waals surface area (Å²) in [5.74, 6) is 0. The molecule has 0 unspecified atom stereocenters. The van der Waals surface area contributed by atoms with Crippen LogP contribution in [0, 0.1) is 0 Å². The molecule has 2 heteroatoms. The van der Waals surface area contributed by atoms with E-state index in [1.807, 2.05) is 60.7 Å². The lowest BCUT2D eigenvalue weighted by Gasteiger charge is -2.17. The SMILES string of the molecule is O=C([SiH2]C(=C(c1ccccc1)c1ccccc1)c1ccccc1)c1ccccc1. The van der Waals surface area contributed by atoms with Gasteiger partial charge < -0.3 is 4.79 Å². The van der Waals surface area contributed by atoms with Crippen molar-refractivity contribution in [3.63, 3.8) is 0 Å². The summed E-state index contributed by atoms with van der Waals surface area (Å²) in [6.45, 7) is 0. The van der Waals surface area contributed by atoms with Crippen molar-refractivity contribution in [1.82, 2.24) is 0 Å². The van der Waals surface area contributed by atoms with E-state index in [-0.39, 0.29) is 5.41 Å². The van der Waals surface area contributed by atoms with E-state index in [1.54, 1.807) is 0 Å². The Morgan fingerprint density at radius 1 is 0.448 bits per heavy atom. The molecule has 0 amide bonds. The van der Waals surface area contributed by atoms with Gasteiger partial charge in [0.25, 0.3) is 0 Å². The van der Waals surface area contributed by atoms with Crippen molar-refractivity contribution >= 4 is 25.7 Å². The number of carbonyl (C=O) groups excluding carboxylic acids is 1. The Labute approximate surface area is 174 Å². The standard InChI is InChI=1S/C27H22OSi/c28-27(24-19-11-4-12-20-24)29-26(23-17-9-3-10-18-23)25(21-13-5-1-6-14-21)22-15-7-2-8-16-22/h1-20H,29H2. The zero-order chi connectivity index (χ0) is 19.9. The van der Waals surface area contributed by atoms with Crippen molar-refractivity contribution in [3.05, 3.63) is 144 Å². The maximum atomic E-state index is 13.2. The maximum Gasteiger partial charge on any atom is 0.141 e. The van der Waals surface area contributed by atoms with Crippen LogP contribution >= 0.6 is 0 Å². The average Bonchev–Trinajstić information content (AvgIpc) is 2.81. The summed E-state index contributed by atoms with van der Waals surface area (Å²) in [7, 11) is -1.24. The molecule has 0 saturated carbocycles. The molecule has 0 aliphatic heterocycles. The Hall–Kier alpha value is -3.49. The highest BCUT2D eigenvalue weighted by molar-refractivity contribution is 6.92. The normalized spacial score (nSPS) is 10.8. The summed E-state index contributed by atoms with van der Waals surface area (Å²) >= 11 is 0. The highest BCUT2D eigenvalue weighted by Crippen LogP contribution is 2.32. The van der Waals surface area contributed by atoms with E-state index in [1.165, 1.54) is 5.20 Å². The molecule has 0 saturated heterocycles. The third-order valence-corrected chi connectivity index (χ3v) is 6.83. The molecular weight excluding hydrogens is 368 g/mol. The molecule has 0 fully saturated rings. The summed E-state index contributed by atoms with van der Waals surface area (Å²) in [6.07, 6.45) is 0. The average molecular weight is 391 g/mol. The predicted octanol–water partition coefficient (Wildman–Crippen LogP) is 5.61. The molecule has 0 heterocycles. The van der Waals surface area contributed by atoms with Crippen molar-refractivity contribution in [2.24, 2.45) is 0 Å². The summed E-state index contributed by atoms with van der Waals surface area (Å²) in [5, 5.41) is 1.44. The van der Waals surface area contributed by atoms with Crippen LogP contribution < -0.4 is 0 Å². The first-order chi connectivity index (χ1) is 14.3. The van der Waals surface area contributed by atoms with Gasteiger partial charge in [-0.25, -0.2) is 0 Å². The van der Waals surface area contributed by atoms with Gasteiger partial charge in [0.05, 0.1) is 0 Å². The molecular formula is C27H22OSi. The molecule has 0 aliphatic carbocycles. The Bertz CT molecular complexity index is 1060. The fourth-order valence-corrected chi connectivity index (χ4v) is 5.37. The summed E-state index contributed by atoms with van der Waals surface area (Å²) in [5.41, 5.74) is 5.38. The molecule has 0 radical (unpaired) electrons. The minimum Gasteiger partial charge on any atom is -0.300 e. The Morgan fingerprint density at radius 3 is 1.21 bits per heavy atom. The third kappa shape index (κ3) is 4.50. The van der Waals surface area contributed by atoms with Gasteiger partial charge in [-0.3, -0.25) is 0 Å². The molecule has 4 aromatic rings. The second-order valence-electron chi connectivity index (χ2n) is 6.92. The van der Waals surface area contributed by atoms with E-state index in [2.05, 4.69) is 60.7 Å². The first-order valence-electron chi connectivity index (χ1n) is 9.80. The second kappa shape index (κ2) is 9.13. The van der Waals surface area contributed by atoms with E-state index in [0.29, 0.717) is 0 Å². The van der Waals surface area contributed by atoms with Crippen molar-refractivity contribution in [2.75, 3.05) is 0 Å². The molecule has 0 N–H and O–H groups in total. The number of carbonyl (C=O) groups is 1. The molecule has 4 aromatic carbocycles. The molecule has 4 rings (SSSR count). The van der Waals surface area contributed by atoms with Gasteiger partial charge in [0.15, 0.2) is 0 Å². The topological polar surface area (TPSA) is 17.1 Å². The number of benzene rings is 4. The van der Waals surface area contributed by atoms with Gasteiger partial charge in [0, 0.05) is 5.56 Å². The van der Waals surface area contributed by atoms with E-state index in [4.69, 9.17) is 0 Å². The second-order valence-corrected chi connectivity index (χ2v) is 8.62. The minimum atomic E-state index is -1.24. The number of hydrogen-bond acceptors (Lipinski definition) is 1. The molecule has 0 aliphatic rings. The van der Waals surface area contributed by atoms with E-state index in [9.17, 15) is 4.79 Å². The zero-order valence-electron chi connectivity index (χ0n) is 16.2. The quantitative estimate of drug-likeness (QED) is 0.309. The van der Waals surface area contributed by atoms with Crippen molar-refractivity contribution in [1.29, 1.82) is 0 Å². The molecule has 0 atom stereocenters. The Morgan fingerprint density at radius 2 is 0.793 bits per heavy atom. The predicted molar refractivity (Wildman–Crippen MR) is 125 cm³/mol. The molecule has 1 nitrogen and oxygen atoms in total. The molecule has 29 heavy (non-hydrogen) atoms. The van der Waals surface area contributed by atoms with Gasteiger partial charge >= 0.3 is 0 Å². The largest absolute Gasteiger partial charge is 0.300 e. The van der Waals surface area contributed by atoms with E-state index >= 15 is 0 Å². The maximum absolute atomic E-state index is 13.2. The lowest BCUT2D eigenvalue weighted by molar-refractivity contribution is 0.107. The van der Waals surface area contributed by atoms with Gasteiger partial charge in [-0.1, -0.05) is 121 Å². The fraction of sp³-hybridized carbons (Fsp3) is 0. The summed E-state index contributed by atoms with van der Waals surface area (Å²) in [6, 6.07) is 40.8. The number of rotatable bonds is 6. The van der Waals surface area contributed by atoms with Crippen molar-refractivity contribution in [2.45, 2.75) is 0 Å².